The van der Waals surface area contributed by atoms with Gasteiger partial charge in [-0.15, -0.1) is 35.3 Å². The largest absolute Gasteiger partial charge is 0.467 e. The van der Waals surface area contributed by atoms with Crippen molar-refractivity contribution in [1.82, 2.24) is 15.6 Å². The molecule has 0 aromatic carbocycles. The highest BCUT2D eigenvalue weighted by Crippen LogP contribution is 2.24. The minimum Gasteiger partial charge on any atom is -0.467 e. The summed E-state index contributed by atoms with van der Waals surface area (Å²) in [5.41, 5.74) is 1.15. The fourth-order valence-electron chi connectivity index (χ4n) is 3.04. The van der Waals surface area contributed by atoms with Gasteiger partial charge in [0, 0.05) is 51.1 Å². The lowest BCUT2D eigenvalue weighted by Crippen LogP contribution is -2.38. The third kappa shape index (κ3) is 8.51. The topological polar surface area (TPSA) is 74.9 Å². The van der Waals surface area contributed by atoms with Crippen molar-refractivity contribution < 1.29 is 9.15 Å². The fraction of sp³-hybridized carbons (Fsp3) is 0.600. The number of halogens is 1. The van der Waals surface area contributed by atoms with Gasteiger partial charge in [0.25, 0.3) is 0 Å². The van der Waals surface area contributed by atoms with Crippen molar-refractivity contribution in [3.63, 3.8) is 0 Å². The van der Waals surface area contributed by atoms with Gasteiger partial charge in [0.05, 0.1) is 12.0 Å². The molecule has 2 N–H and O–H groups in total. The Morgan fingerprint density at radius 2 is 2.21 bits per heavy atom. The second-order valence-corrected chi connectivity index (χ2v) is 7.58. The summed E-state index contributed by atoms with van der Waals surface area (Å²) in [5, 5.41) is 10.0. The number of guanidine groups is 1. The molecule has 0 unspecified atom stereocenters. The van der Waals surface area contributed by atoms with Crippen LogP contribution in [0.5, 0.6) is 0 Å². The molecule has 0 atom stereocenters. The summed E-state index contributed by atoms with van der Waals surface area (Å²) in [5.74, 6) is 1.71. The minimum atomic E-state index is 0. The van der Waals surface area contributed by atoms with E-state index in [9.17, 15) is 0 Å². The molecule has 0 amide bonds. The van der Waals surface area contributed by atoms with Crippen molar-refractivity contribution in [2.45, 2.75) is 39.2 Å². The summed E-state index contributed by atoms with van der Waals surface area (Å²) >= 11 is 1.76. The number of hydrogen-bond acceptors (Lipinski definition) is 6. The molecule has 2 aromatic heterocycles. The Hall–Kier alpha value is -1.33. The van der Waals surface area contributed by atoms with Crippen LogP contribution in [-0.2, 0) is 17.8 Å². The van der Waals surface area contributed by atoms with E-state index in [0.717, 1.165) is 63.0 Å². The van der Waals surface area contributed by atoms with Crippen LogP contribution in [0.3, 0.4) is 0 Å². The first kappa shape index (κ1) is 23.9. The zero-order valence-electron chi connectivity index (χ0n) is 17.1. The lowest BCUT2D eigenvalue weighted by Gasteiger charge is -2.12. The minimum absolute atomic E-state index is 0. The van der Waals surface area contributed by atoms with E-state index in [1.165, 1.54) is 18.0 Å². The van der Waals surface area contributed by atoms with Crippen LogP contribution in [0.1, 0.15) is 37.6 Å². The van der Waals surface area contributed by atoms with Crippen LogP contribution in [0.15, 0.2) is 33.2 Å². The van der Waals surface area contributed by atoms with E-state index in [-0.39, 0.29) is 24.0 Å². The molecule has 7 nitrogen and oxygen atoms in total. The van der Waals surface area contributed by atoms with Crippen molar-refractivity contribution in [3.8, 4) is 0 Å². The van der Waals surface area contributed by atoms with Gasteiger partial charge >= 0.3 is 0 Å². The second-order valence-electron chi connectivity index (χ2n) is 6.74. The van der Waals surface area contributed by atoms with Crippen molar-refractivity contribution >= 4 is 46.4 Å². The van der Waals surface area contributed by atoms with Gasteiger partial charge in [-0.3, -0.25) is 4.99 Å². The lowest BCUT2D eigenvalue weighted by atomic mass is 10.3. The SMILES string of the molecule is CCNC(=NCCCOCc1ccco1)NCCc1csc(N2CCCC2)n1.I. The van der Waals surface area contributed by atoms with Crippen molar-refractivity contribution in [2.24, 2.45) is 4.99 Å². The molecule has 3 heterocycles. The van der Waals surface area contributed by atoms with Crippen LogP contribution in [0.4, 0.5) is 5.13 Å². The van der Waals surface area contributed by atoms with Gasteiger partial charge in [-0.2, -0.15) is 0 Å². The molecule has 0 saturated carbocycles. The van der Waals surface area contributed by atoms with Crippen molar-refractivity contribution in [1.29, 1.82) is 0 Å². The number of aromatic nitrogens is 1. The Morgan fingerprint density at radius 3 is 2.97 bits per heavy atom. The number of furan rings is 1. The van der Waals surface area contributed by atoms with E-state index in [1.54, 1.807) is 17.6 Å². The first-order valence-corrected chi connectivity index (χ1v) is 11.0. The smallest absolute Gasteiger partial charge is 0.191 e. The molecule has 9 heteroatoms. The molecular weight excluding hydrogens is 501 g/mol. The predicted octanol–water partition coefficient (Wildman–Crippen LogP) is 3.66. The molecule has 29 heavy (non-hydrogen) atoms. The van der Waals surface area contributed by atoms with Crippen molar-refractivity contribution in [2.75, 3.05) is 44.2 Å². The highest BCUT2D eigenvalue weighted by molar-refractivity contribution is 14.0. The monoisotopic (exact) mass is 533 g/mol. The number of rotatable bonds is 11. The molecule has 0 radical (unpaired) electrons. The average Bonchev–Trinajstić information content (AvgIpc) is 3.47. The molecule has 0 bridgehead atoms. The highest BCUT2D eigenvalue weighted by Gasteiger charge is 2.15. The summed E-state index contributed by atoms with van der Waals surface area (Å²) in [7, 11) is 0. The number of aliphatic imine (C=N–C) groups is 1. The first-order chi connectivity index (χ1) is 13.8. The van der Waals surface area contributed by atoms with E-state index in [1.807, 2.05) is 12.1 Å². The van der Waals surface area contributed by atoms with Crippen LogP contribution >= 0.6 is 35.3 Å². The zero-order chi connectivity index (χ0) is 19.4. The maximum atomic E-state index is 5.59. The van der Waals surface area contributed by atoms with Gasteiger partial charge in [0.2, 0.25) is 0 Å². The van der Waals surface area contributed by atoms with E-state index in [4.69, 9.17) is 14.1 Å². The number of nitrogens with one attached hydrogen (secondary N) is 2. The molecule has 3 rings (SSSR count). The maximum absolute atomic E-state index is 5.59. The summed E-state index contributed by atoms with van der Waals surface area (Å²) in [4.78, 5) is 11.8. The summed E-state index contributed by atoms with van der Waals surface area (Å²) < 4.78 is 10.8. The van der Waals surface area contributed by atoms with Gasteiger partial charge in [-0.25, -0.2) is 4.98 Å². The Bertz CT molecular complexity index is 702. The van der Waals surface area contributed by atoms with Crippen LogP contribution in [0, 0.1) is 0 Å². The Balaban J connectivity index is 0.00000300. The zero-order valence-corrected chi connectivity index (χ0v) is 20.2. The molecule has 2 aromatic rings. The van der Waals surface area contributed by atoms with E-state index in [0.29, 0.717) is 13.2 Å². The van der Waals surface area contributed by atoms with Gasteiger partial charge in [-0.1, -0.05) is 0 Å². The number of anilines is 1. The highest BCUT2D eigenvalue weighted by atomic mass is 127. The molecule has 1 aliphatic rings. The molecular formula is C20H32IN5O2S. The normalized spacial score (nSPS) is 14.1. The molecule has 0 aliphatic carbocycles. The van der Waals surface area contributed by atoms with Gasteiger partial charge in [0.15, 0.2) is 11.1 Å². The molecule has 1 saturated heterocycles. The average molecular weight is 533 g/mol. The molecule has 1 aliphatic heterocycles. The third-order valence-electron chi connectivity index (χ3n) is 4.48. The quantitative estimate of drug-likeness (QED) is 0.199. The standard InChI is InChI=1S/C20H31N5O2S.HI/c1-2-21-19(22-9-6-13-26-15-18-7-5-14-27-18)23-10-8-17-16-28-20(24-17)25-11-3-4-12-25;/h5,7,14,16H,2-4,6,8-13,15H2,1H3,(H2,21,22,23);1H. The Labute approximate surface area is 194 Å². The number of ether oxygens (including phenoxy) is 1. The van der Waals surface area contributed by atoms with E-state index in [2.05, 4.69) is 32.8 Å². The number of nitrogens with zero attached hydrogens (tertiary/aromatic N) is 3. The first-order valence-electron chi connectivity index (χ1n) is 10.2. The maximum Gasteiger partial charge on any atom is 0.191 e. The molecule has 162 valence electrons. The van der Waals surface area contributed by atoms with Crippen molar-refractivity contribution in [3.05, 3.63) is 35.2 Å². The number of hydrogen-bond donors (Lipinski definition) is 2. The van der Waals surface area contributed by atoms with Gasteiger partial charge in [0.1, 0.15) is 12.4 Å². The van der Waals surface area contributed by atoms with Crippen LogP contribution in [0.2, 0.25) is 0 Å². The summed E-state index contributed by atoms with van der Waals surface area (Å²) in [6.07, 6.45) is 6.01. The second kappa shape index (κ2) is 13.8. The third-order valence-corrected chi connectivity index (χ3v) is 5.43. The predicted molar refractivity (Wildman–Crippen MR) is 130 cm³/mol. The van der Waals surface area contributed by atoms with Gasteiger partial charge < -0.3 is 24.7 Å². The fourth-order valence-corrected chi connectivity index (χ4v) is 3.95. The lowest BCUT2D eigenvalue weighted by molar-refractivity contribution is 0.105. The van der Waals surface area contributed by atoms with Crippen LogP contribution in [-0.4, -0.2) is 50.3 Å². The molecule has 0 spiro atoms. The summed E-state index contributed by atoms with van der Waals surface area (Å²) in [6.45, 7) is 7.95. The Kier molecular flexibility index (Phi) is 11.4. The Morgan fingerprint density at radius 1 is 1.34 bits per heavy atom. The van der Waals surface area contributed by atoms with Crippen LogP contribution < -0.4 is 15.5 Å². The van der Waals surface area contributed by atoms with E-state index < -0.39 is 0 Å². The summed E-state index contributed by atoms with van der Waals surface area (Å²) in [6, 6.07) is 3.79. The van der Waals surface area contributed by atoms with Crippen LogP contribution in [0.25, 0.3) is 0 Å². The van der Waals surface area contributed by atoms with E-state index >= 15 is 0 Å². The molecule has 1 fully saturated rings. The number of thiazole rings is 1. The van der Waals surface area contributed by atoms with Gasteiger partial charge in [-0.05, 0) is 38.3 Å².